The van der Waals surface area contributed by atoms with Gasteiger partial charge in [0.2, 0.25) is 5.91 Å². The Balaban J connectivity index is 1.74. The van der Waals surface area contributed by atoms with Crippen LogP contribution in [0, 0.1) is 0 Å². The number of carbonyl (C=O) groups is 1. The fraction of sp³-hybridized carbons (Fsp3) is 0.143. The van der Waals surface area contributed by atoms with Crippen LogP contribution in [-0.2, 0) is 4.79 Å². The van der Waals surface area contributed by atoms with Crippen molar-refractivity contribution >= 4 is 34.8 Å². The number of nitrogens with zero attached hydrogens (tertiary/aromatic N) is 2. The second-order valence-electron chi connectivity index (χ2n) is 6.29. The number of benzene rings is 2. The molecule has 1 fully saturated rings. The number of β-lactam (4-membered cyclic amide) rings is 1. The zero-order valence-electron chi connectivity index (χ0n) is 14.5. The Kier molecular flexibility index (Phi) is 4.77. The standard InChI is InChI=1S/C21H16Cl2N2O2/c1-27-17-9-7-16(8-10-17)25-20(14-4-11-18(23)24-12-14)19(21(25)26)13-2-5-15(22)6-3-13/h2-12,19-20H,1H3. The van der Waals surface area contributed by atoms with E-state index in [2.05, 4.69) is 4.98 Å². The molecule has 0 spiro atoms. The molecule has 1 amide bonds. The molecule has 0 aliphatic carbocycles. The van der Waals surface area contributed by atoms with E-state index in [1.807, 2.05) is 42.5 Å². The van der Waals surface area contributed by atoms with Gasteiger partial charge in [0.05, 0.1) is 19.1 Å². The van der Waals surface area contributed by atoms with Crippen molar-refractivity contribution in [2.24, 2.45) is 0 Å². The van der Waals surface area contributed by atoms with E-state index in [0.717, 1.165) is 22.6 Å². The number of rotatable bonds is 4. The summed E-state index contributed by atoms with van der Waals surface area (Å²) in [5.74, 6) is 0.473. The van der Waals surface area contributed by atoms with Gasteiger partial charge in [-0.05, 0) is 53.6 Å². The molecule has 0 N–H and O–H groups in total. The van der Waals surface area contributed by atoms with Crippen LogP contribution < -0.4 is 9.64 Å². The van der Waals surface area contributed by atoms with Gasteiger partial charge in [-0.2, -0.15) is 0 Å². The van der Waals surface area contributed by atoms with E-state index in [0.29, 0.717) is 10.2 Å². The van der Waals surface area contributed by atoms with Crippen LogP contribution >= 0.6 is 23.2 Å². The molecule has 2 heterocycles. The first-order chi connectivity index (χ1) is 13.1. The number of anilines is 1. The smallest absolute Gasteiger partial charge is 0.237 e. The van der Waals surface area contributed by atoms with Gasteiger partial charge in [-0.15, -0.1) is 0 Å². The average molecular weight is 399 g/mol. The molecule has 4 nitrogen and oxygen atoms in total. The van der Waals surface area contributed by atoms with Gasteiger partial charge in [0.25, 0.3) is 0 Å². The molecule has 1 aliphatic heterocycles. The van der Waals surface area contributed by atoms with E-state index >= 15 is 0 Å². The molecule has 1 aromatic heterocycles. The van der Waals surface area contributed by atoms with Crippen LogP contribution in [0.5, 0.6) is 5.75 Å². The predicted octanol–water partition coefficient (Wildman–Crippen LogP) is 5.27. The first-order valence-electron chi connectivity index (χ1n) is 8.42. The van der Waals surface area contributed by atoms with Crippen LogP contribution in [0.25, 0.3) is 0 Å². The summed E-state index contributed by atoms with van der Waals surface area (Å²) < 4.78 is 5.21. The molecule has 0 saturated carbocycles. The lowest BCUT2D eigenvalue weighted by Crippen LogP contribution is -2.53. The Morgan fingerprint density at radius 2 is 1.59 bits per heavy atom. The molecule has 136 valence electrons. The fourth-order valence-corrected chi connectivity index (χ4v) is 3.66. The van der Waals surface area contributed by atoms with Crippen molar-refractivity contribution in [2.45, 2.75) is 12.0 Å². The maximum atomic E-state index is 13.1. The Morgan fingerprint density at radius 1 is 0.926 bits per heavy atom. The Labute approximate surface area is 167 Å². The quantitative estimate of drug-likeness (QED) is 0.444. The summed E-state index contributed by atoms with van der Waals surface area (Å²) in [4.78, 5) is 19.0. The van der Waals surface area contributed by atoms with Crippen LogP contribution in [0.4, 0.5) is 5.69 Å². The van der Waals surface area contributed by atoms with Crippen molar-refractivity contribution in [1.29, 1.82) is 0 Å². The van der Waals surface area contributed by atoms with E-state index in [-0.39, 0.29) is 17.9 Å². The van der Waals surface area contributed by atoms with Crippen molar-refractivity contribution in [2.75, 3.05) is 12.0 Å². The zero-order chi connectivity index (χ0) is 19.0. The Bertz CT molecular complexity index is 957. The SMILES string of the molecule is COc1ccc(N2C(=O)C(c3ccc(Cl)cc3)C2c2ccc(Cl)nc2)cc1. The average Bonchev–Trinajstić information content (AvgIpc) is 2.69. The molecule has 0 radical (unpaired) electrons. The van der Waals surface area contributed by atoms with Crippen LogP contribution in [0.15, 0.2) is 66.9 Å². The Hall–Kier alpha value is -2.56. The van der Waals surface area contributed by atoms with Crippen molar-refractivity contribution in [3.63, 3.8) is 0 Å². The minimum absolute atomic E-state index is 0.0300. The first-order valence-corrected chi connectivity index (χ1v) is 9.18. The van der Waals surface area contributed by atoms with Gasteiger partial charge in [-0.1, -0.05) is 41.4 Å². The highest BCUT2D eigenvalue weighted by Gasteiger charge is 2.49. The van der Waals surface area contributed by atoms with Crippen LogP contribution in [-0.4, -0.2) is 18.0 Å². The molecular weight excluding hydrogens is 383 g/mol. The van der Waals surface area contributed by atoms with E-state index in [1.165, 1.54) is 0 Å². The highest BCUT2D eigenvalue weighted by atomic mass is 35.5. The lowest BCUT2D eigenvalue weighted by Gasteiger charge is -2.47. The number of ether oxygens (including phenoxy) is 1. The molecule has 0 bridgehead atoms. The number of carbonyl (C=O) groups excluding carboxylic acids is 1. The highest BCUT2D eigenvalue weighted by Crippen LogP contribution is 2.49. The number of amides is 1. The summed E-state index contributed by atoms with van der Waals surface area (Å²) in [6, 6.07) is 18.3. The summed E-state index contributed by atoms with van der Waals surface area (Å²) >= 11 is 11.9. The number of methoxy groups -OCH3 is 1. The largest absolute Gasteiger partial charge is 0.497 e. The zero-order valence-corrected chi connectivity index (χ0v) is 16.0. The van der Waals surface area contributed by atoms with Crippen molar-refractivity contribution in [3.05, 3.63) is 88.2 Å². The monoisotopic (exact) mass is 398 g/mol. The number of halogens is 2. The molecule has 3 aromatic rings. The summed E-state index contributed by atoms with van der Waals surface area (Å²) in [5.41, 5.74) is 2.66. The maximum absolute atomic E-state index is 13.1. The van der Waals surface area contributed by atoms with Gasteiger partial charge in [-0.25, -0.2) is 4.98 Å². The van der Waals surface area contributed by atoms with E-state index in [9.17, 15) is 4.79 Å². The van der Waals surface area contributed by atoms with Crippen LogP contribution in [0.3, 0.4) is 0 Å². The molecule has 1 saturated heterocycles. The van der Waals surface area contributed by atoms with Gasteiger partial charge in [0, 0.05) is 16.9 Å². The highest BCUT2D eigenvalue weighted by molar-refractivity contribution is 6.30. The third-order valence-corrected chi connectivity index (χ3v) is 5.24. The van der Waals surface area contributed by atoms with Crippen LogP contribution in [0.2, 0.25) is 10.2 Å². The van der Waals surface area contributed by atoms with Crippen molar-refractivity contribution in [3.8, 4) is 5.75 Å². The fourth-order valence-electron chi connectivity index (χ4n) is 3.42. The van der Waals surface area contributed by atoms with Gasteiger partial charge in [-0.3, -0.25) is 4.79 Å². The maximum Gasteiger partial charge on any atom is 0.237 e. The van der Waals surface area contributed by atoms with Crippen molar-refractivity contribution < 1.29 is 9.53 Å². The lowest BCUT2D eigenvalue weighted by atomic mass is 9.78. The molecular formula is C21H16Cl2N2O2. The van der Waals surface area contributed by atoms with E-state index in [4.69, 9.17) is 27.9 Å². The third-order valence-electron chi connectivity index (χ3n) is 4.77. The minimum atomic E-state index is -0.299. The molecule has 1 aliphatic rings. The number of aromatic nitrogens is 1. The van der Waals surface area contributed by atoms with Gasteiger partial charge >= 0.3 is 0 Å². The van der Waals surface area contributed by atoms with Crippen molar-refractivity contribution in [1.82, 2.24) is 4.98 Å². The summed E-state index contributed by atoms with van der Waals surface area (Å²) in [6.07, 6.45) is 1.72. The normalized spacial score (nSPS) is 18.9. The minimum Gasteiger partial charge on any atom is -0.497 e. The molecule has 27 heavy (non-hydrogen) atoms. The lowest BCUT2D eigenvalue weighted by molar-refractivity contribution is -0.126. The molecule has 2 aromatic carbocycles. The number of hydrogen-bond donors (Lipinski definition) is 0. The Morgan fingerprint density at radius 3 is 2.19 bits per heavy atom. The number of pyridine rings is 1. The second kappa shape index (κ2) is 7.22. The summed E-state index contributed by atoms with van der Waals surface area (Å²) in [6.45, 7) is 0. The van der Waals surface area contributed by atoms with Gasteiger partial charge in [0.1, 0.15) is 10.9 Å². The summed E-state index contributed by atoms with van der Waals surface area (Å²) in [7, 11) is 1.61. The van der Waals surface area contributed by atoms with E-state index in [1.54, 1.807) is 36.4 Å². The molecule has 4 rings (SSSR count). The van der Waals surface area contributed by atoms with E-state index < -0.39 is 0 Å². The topological polar surface area (TPSA) is 42.4 Å². The second-order valence-corrected chi connectivity index (χ2v) is 7.12. The predicted molar refractivity (Wildman–Crippen MR) is 107 cm³/mol. The molecule has 6 heteroatoms. The van der Waals surface area contributed by atoms with Gasteiger partial charge in [0.15, 0.2) is 0 Å². The molecule has 2 atom stereocenters. The van der Waals surface area contributed by atoms with Crippen LogP contribution in [0.1, 0.15) is 23.1 Å². The molecule has 2 unspecified atom stereocenters. The summed E-state index contributed by atoms with van der Waals surface area (Å²) in [5, 5.41) is 1.06. The third kappa shape index (κ3) is 3.27. The van der Waals surface area contributed by atoms with Gasteiger partial charge < -0.3 is 9.64 Å². The first kappa shape index (κ1) is 17.8. The number of hydrogen-bond acceptors (Lipinski definition) is 3.